The van der Waals surface area contributed by atoms with Crippen LogP contribution < -0.4 is 10.6 Å². The van der Waals surface area contributed by atoms with E-state index in [1.807, 2.05) is 0 Å². The predicted molar refractivity (Wildman–Crippen MR) is 112 cm³/mol. The van der Waals surface area contributed by atoms with Crippen molar-refractivity contribution >= 4 is 23.1 Å². The normalized spacial score (nSPS) is 10.5. The molecule has 4 rings (SSSR count). The van der Waals surface area contributed by atoms with Crippen LogP contribution in [-0.4, -0.2) is 15.9 Å². The zero-order valence-corrected chi connectivity index (χ0v) is 15.6. The highest BCUT2D eigenvalue weighted by Crippen LogP contribution is 2.22. The molecule has 0 aliphatic heterocycles. The quantitative estimate of drug-likeness (QED) is 0.468. The number of halogens is 2. The summed E-state index contributed by atoms with van der Waals surface area (Å²) in [5.74, 6) is -0.655. The molecule has 30 heavy (non-hydrogen) atoms. The van der Waals surface area contributed by atoms with E-state index in [1.54, 1.807) is 48.5 Å². The molecule has 0 fully saturated rings. The van der Waals surface area contributed by atoms with Gasteiger partial charge in [0.25, 0.3) is 5.91 Å². The molecule has 5 nitrogen and oxygen atoms in total. The van der Waals surface area contributed by atoms with Crippen LogP contribution in [0.2, 0.25) is 0 Å². The zero-order chi connectivity index (χ0) is 20.9. The average Bonchev–Trinajstić information content (AvgIpc) is 2.74. The van der Waals surface area contributed by atoms with Crippen LogP contribution in [0.25, 0.3) is 11.3 Å². The lowest BCUT2D eigenvalue weighted by molar-refractivity contribution is 0.102. The summed E-state index contributed by atoms with van der Waals surface area (Å²) in [7, 11) is 0. The van der Waals surface area contributed by atoms with E-state index in [0.29, 0.717) is 34.0 Å². The Kier molecular flexibility index (Phi) is 5.43. The molecule has 0 aliphatic carbocycles. The summed E-state index contributed by atoms with van der Waals surface area (Å²) in [6.07, 6.45) is 1.38. The lowest BCUT2D eigenvalue weighted by Gasteiger charge is -2.10. The average molecular weight is 402 g/mol. The van der Waals surface area contributed by atoms with Crippen molar-refractivity contribution in [2.45, 2.75) is 0 Å². The Bertz CT molecular complexity index is 1210. The number of nitrogens with zero attached hydrogens (tertiary/aromatic N) is 2. The highest BCUT2D eigenvalue weighted by molar-refractivity contribution is 6.04. The van der Waals surface area contributed by atoms with E-state index >= 15 is 0 Å². The third kappa shape index (κ3) is 4.64. The molecule has 1 aromatic heterocycles. The van der Waals surface area contributed by atoms with Crippen LogP contribution >= 0.6 is 0 Å². The minimum atomic E-state index is -0.430. The smallest absolute Gasteiger partial charge is 0.255 e. The number of nitrogens with one attached hydrogen (secondary N) is 2. The SMILES string of the molecule is O=C(Nc1cccc(F)c1)c1cccc(Nc2cc(-c3cccc(F)c3)ncn2)c1. The maximum atomic E-state index is 13.5. The molecule has 0 aliphatic rings. The van der Waals surface area contributed by atoms with Gasteiger partial charge in [-0.2, -0.15) is 0 Å². The van der Waals surface area contributed by atoms with E-state index in [0.717, 1.165) is 0 Å². The lowest BCUT2D eigenvalue weighted by Crippen LogP contribution is -2.12. The molecule has 0 bridgehead atoms. The number of hydrogen-bond donors (Lipinski definition) is 2. The summed E-state index contributed by atoms with van der Waals surface area (Å²) in [5.41, 5.74) is 2.58. The summed E-state index contributed by atoms with van der Waals surface area (Å²) >= 11 is 0. The van der Waals surface area contributed by atoms with Crippen molar-refractivity contribution < 1.29 is 13.6 Å². The zero-order valence-electron chi connectivity index (χ0n) is 15.6. The molecule has 148 valence electrons. The van der Waals surface area contributed by atoms with Gasteiger partial charge in [-0.3, -0.25) is 4.79 Å². The van der Waals surface area contributed by atoms with Crippen LogP contribution in [0.4, 0.5) is 26.0 Å². The van der Waals surface area contributed by atoms with Crippen molar-refractivity contribution in [3.8, 4) is 11.3 Å². The first-order chi connectivity index (χ1) is 14.6. The summed E-state index contributed by atoms with van der Waals surface area (Å²) in [6, 6.07) is 20.3. The Labute approximate surface area is 171 Å². The van der Waals surface area contributed by atoms with Crippen molar-refractivity contribution in [1.82, 2.24) is 9.97 Å². The molecular weight excluding hydrogens is 386 g/mol. The van der Waals surface area contributed by atoms with Gasteiger partial charge in [-0.25, -0.2) is 18.7 Å². The molecule has 7 heteroatoms. The van der Waals surface area contributed by atoms with Crippen LogP contribution in [0.3, 0.4) is 0 Å². The first kappa shape index (κ1) is 19.2. The highest BCUT2D eigenvalue weighted by Gasteiger charge is 2.09. The Morgan fingerprint density at radius 2 is 1.50 bits per heavy atom. The van der Waals surface area contributed by atoms with Gasteiger partial charge in [0.2, 0.25) is 0 Å². The standard InChI is InChI=1S/C23H16F2N4O/c24-17-6-1-4-15(10-17)21-13-22(27-14-26-21)28-19-8-2-5-16(11-19)23(30)29-20-9-3-7-18(25)12-20/h1-14H,(H,29,30)(H,26,27,28). The molecule has 2 N–H and O–H groups in total. The topological polar surface area (TPSA) is 66.9 Å². The van der Waals surface area contributed by atoms with Crippen molar-refractivity contribution in [3.05, 3.63) is 102 Å². The maximum absolute atomic E-state index is 13.5. The second kappa shape index (κ2) is 8.48. The molecule has 1 heterocycles. The predicted octanol–water partition coefficient (Wildman–Crippen LogP) is 5.42. The summed E-state index contributed by atoms with van der Waals surface area (Å²) < 4.78 is 26.8. The van der Waals surface area contributed by atoms with Crippen molar-refractivity contribution in [1.29, 1.82) is 0 Å². The van der Waals surface area contributed by atoms with Crippen LogP contribution in [-0.2, 0) is 0 Å². The maximum Gasteiger partial charge on any atom is 0.255 e. The number of aromatic nitrogens is 2. The van der Waals surface area contributed by atoms with Crippen molar-refractivity contribution in [2.75, 3.05) is 10.6 Å². The molecule has 0 atom stereocenters. The minimum absolute atomic E-state index is 0.349. The number of hydrogen-bond acceptors (Lipinski definition) is 4. The third-order valence-electron chi connectivity index (χ3n) is 4.27. The number of benzene rings is 3. The molecule has 0 spiro atoms. The third-order valence-corrected chi connectivity index (χ3v) is 4.27. The van der Waals surface area contributed by atoms with E-state index in [2.05, 4.69) is 20.6 Å². The van der Waals surface area contributed by atoms with Gasteiger partial charge in [-0.15, -0.1) is 0 Å². The van der Waals surface area contributed by atoms with Gasteiger partial charge in [0, 0.05) is 28.6 Å². The fourth-order valence-corrected chi connectivity index (χ4v) is 2.89. The van der Waals surface area contributed by atoms with Gasteiger partial charge in [-0.05, 0) is 48.5 Å². The van der Waals surface area contributed by atoms with Crippen LogP contribution in [0.5, 0.6) is 0 Å². The van der Waals surface area contributed by atoms with Crippen LogP contribution in [0.1, 0.15) is 10.4 Å². The van der Waals surface area contributed by atoms with E-state index in [-0.39, 0.29) is 11.7 Å². The number of amides is 1. The number of rotatable bonds is 5. The molecule has 3 aromatic carbocycles. The van der Waals surface area contributed by atoms with Gasteiger partial charge in [0.1, 0.15) is 23.8 Å². The fraction of sp³-hybridized carbons (Fsp3) is 0. The van der Waals surface area contributed by atoms with Crippen LogP contribution in [0.15, 0.2) is 85.2 Å². The van der Waals surface area contributed by atoms with Gasteiger partial charge in [0.05, 0.1) is 5.69 Å². The monoisotopic (exact) mass is 402 g/mol. The number of carbonyl (C=O) groups is 1. The van der Waals surface area contributed by atoms with Gasteiger partial charge in [-0.1, -0.05) is 24.3 Å². The van der Waals surface area contributed by atoms with Gasteiger partial charge < -0.3 is 10.6 Å². The Morgan fingerprint density at radius 1 is 0.767 bits per heavy atom. The molecule has 4 aromatic rings. The molecule has 0 unspecified atom stereocenters. The summed E-state index contributed by atoms with van der Waals surface area (Å²) in [4.78, 5) is 20.8. The molecule has 0 radical (unpaired) electrons. The number of carbonyl (C=O) groups excluding carboxylic acids is 1. The highest BCUT2D eigenvalue weighted by atomic mass is 19.1. The summed E-state index contributed by atoms with van der Waals surface area (Å²) in [5, 5.41) is 5.77. The van der Waals surface area contributed by atoms with E-state index < -0.39 is 5.82 Å². The first-order valence-electron chi connectivity index (χ1n) is 9.09. The second-order valence-corrected chi connectivity index (χ2v) is 6.47. The van der Waals surface area contributed by atoms with Crippen molar-refractivity contribution in [3.63, 3.8) is 0 Å². The Balaban J connectivity index is 1.52. The van der Waals surface area contributed by atoms with Crippen LogP contribution in [0, 0.1) is 11.6 Å². The van der Waals surface area contributed by atoms with Gasteiger partial charge in [0.15, 0.2) is 0 Å². The lowest BCUT2D eigenvalue weighted by atomic mass is 10.1. The molecular formula is C23H16F2N4O. The van der Waals surface area contributed by atoms with Gasteiger partial charge >= 0.3 is 0 Å². The minimum Gasteiger partial charge on any atom is -0.340 e. The Morgan fingerprint density at radius 3 is 2.30 bits per heavy atom. The van der Waals surface area contributed by atoms with Crippen molar-refractivity contribution in [2.24, 2.45) is 0 Å². The molecule has 0 saturated heterocycles. The molecule has 1 amide bonds. The number of anilines is 3. The molecule has 0 saturated carbocycles. The van der Waals surface area contributed by atoms with E-state index in [1.165, 1.54) is 36.7 Å². The van der Waals surface area contributed by atoms with E-state index in [4.69, 9.17) is 0 Å². The first-order valence-corrected chi connectivity index (χ1v) is 9.09. The Hall–Kier alpha value is -4.13. The summed E-state index contributed by atoms with van der Waals surface area (Å²) in [6.45, 7) is 0. The van der Waals surface area contributed by atoms with E-state index in [9.17, 15) is 13.6 Å². The fourth-order valence-electron chi connectivity index (χ4n) is 2.89. The largest absolute Gasteiger partial charge is 0.340 e. The second-order valence-electron chi connectivity index (χ2n) is 6.47.